The highest BCUT2D eigenvalue weighted by Crippen LogP contribution is 2.42. The Morgan fingerprint density at radius 2 is 2.06 bits per heavy atom. The summed E-state index contributed by atoms with van der Waals surface area (Å²) in [7, 11) is 0. The van der Waals surface area contributed by atoms with E-state index in [9.17, 15) is 5.11 Å². The highest BCUT2D eigenvalue weighted by Gasteiger charge is 2.20. The molecule has 5 heteroatoms. The first-order valence-electron chi connectivity index (χ1n) is 6.38. The van der Waals surface area contributed by atoms with Gasteiger partial charge in [-0.3, -0.25) is 0 Å². The number of hydrogen-bond donors (Lipinski definition) is 2. The molecular weight excluding hydrogens is 232 g/mol. The molecule has 2 aliphatic rings. The van der Waals surface area contributed by atoms with E-state index in [1.165, 1.54) is 0 Å². The van der Waals surface area contributed by atoms with E-state index in [0.29, 0.717) is 11.5 Å². The van der Waals surface area contributed by atoms with Crippen LogP contribution in [0, 0.1) is 0 Å². The number of nitrogens with zero attached hydrogens (tertiary/aromatic N) is 1. The topological polar surface area (TPSA) is 54.0 Å². The van der Waals surface area contributed by atoms with Crippen molar-refractivity contribution >= 4 is 0 Å². The monoisotopic (exact) mass is 250 g/mol. The zero-order valence-corrected chi connectivity index (χ0v) is 10.3. The maximum absolute atomic E-state index is 10.1. The summed E-state index contributed by atoms with van der Waals surface area (Å²) in [6, 6.07) is 3.79. The number of nitrogens with one attached hydrogen (secondary N) is 1. The lowest BCUT2D eigenvalue weighted by Crippen LogP contribution is -2.44. The van der Waals surface area contributed by atoms with E-state index >= 15 is 0 Å². The number of ether oxygens (including phenoxy) is 2. The van der Waals surface area contributed by atoms with Crippen LogP contribution >= 0.6 is 0 Å². The minimum absolute atomic E-state index is 0.199. The van der Waals surface area contributed by atoms with Crippen LogP contribution in [0.15, 0.2) is 12.1 Å². The molecule has 98 valence electrons. The van der Waals surface area contributed by atoms with Crippen molar-refractivity contribution in [3.8, 4) is 17.2 Å². The van der Waals surface area contributed by atoms with E-state index in [4.69, 9.17) is 9.47 Å². The lowest BCUT2D eigenvalue weighted by molar-refractivity contribution is 0.171. The third-order valence-corrected chi connectivity index (χ3v) is 3.50. The fourth-order valence-corrected chi connectivity index (χ4v) is 2.41. The zero-order valence-electron chi connectivity index (χ0n) is 10.3. The summed E-state index contributed by atoms with van der Waals surface area (Å²) in [5.41, 5.74) is 0.929. The van der Waals surface area contributed by atoms with E-state index < -0.39 is 0 Å². The number of rotatable bonds is 3. The first-order valence-corrected chi connectivity index (χ1v) is 6.38. The Labute approximate surface area is 106 Å². The second kappa shape index (κ2) is 5.04. The number of fused-ring (bicyclic) bond motifs is 1. The number of hydrogen-bond acceptors (Lipinski definition) is 5. The summed E-state index contributed by atoms with van der Waals surface area (Å²) in [5.74, 6) is 1.37. The normalized spacial score (nSPS) is 19.1. The molecule has 18 heavy (non-hydrogen) atoms. The molecule has 0 unspecified atom stereocenters. The molecule has 0 spiro atoms. The largest absolute Gasteiger partial charge is 0.504 e. The van der Waals surface area contributed by atoms with Crippen molar-refractivity contribution in [3.63, 3.8) is 0 Å². The van der Waals surface area contributed by atoms with Crippen LogP contribution in [-0.4, -0.2) is 49.5 Å². The first-order chi connectivity index (χ1) is 8.84. The molecule has 1 aromatic carbocycles. The van der Waals surface area contributed by atoms with E-state index in [1.807, 2.05) is 12.1 Å². The predicted octanol–water partition coefficient (Wildman–Crippen LogP) is 0.569. The summed E-state index contributed by atoms with van der Waals surface area (Å²) in [6.45, 7) is 5.41. The Morgan fingerprint density at radius 1 is 1.22 bits per heavy atom. The van der Waals surface area contributed by atoms with Crippen LogP contribution in [0.3, 0.4) is 0 Å². The van der Waals surface area contributed by atoms with Gasteiger partial charge >= 0.3 is 0 Å². The summed E-state index contributed by atoms with van der Waals surface area (Å²) in [6.07, 6.45) is 0.836. The molecule has 0 bridgehead atoms. The third-order valence-electron chi connectivity index (χ3n) is 3.50. The first kappa shape index (κ1) is 11.6. The molecule has 1 saturated heterocycles. The van der Waals surface area contributed by atoms with Crippen LogP contribution in [0.4, 0.5) is 0 Å². The third kappa shape index (κ3) is 2.23. The molecule has 0 atom stereocenters. The molecule has 0 aliphatic carbocycles. The summed E-state index contributed by atoms with van der Waals surface area (Å²) in [5, 5.41) is 13.4. The molecule has 1 aromatic rings. The number of piperazine rings is 1. The standard InChI is InChI=1S/C13H18N2O3/c16-12-10(1-2-11-13(12)18-9-17-11)3-6-15-7-4-14-5-8-15/h1-2,14,16H,3-9H2. The molecular formula is C13H18N2O3. The fourth-order valence-electron chi connectivity index (χ4n) is 2.41. The molecule has 0 saturated carbocycles. The average Bonchev–Trinajstić information content (AvgIpc) is 2.88. The van der Waals surface area contributed by atoms with Gasteiger partial charge in [0.1, 0.15) is 0 Å². The van der Waals surface area contributed by atoms with Gasteiger partial charge in [-0.05, 0) is 18.1 Å². The zero-order chi connectivity index (χ0) is 12.4. The molecule has 0 amide bonds. The van der Waals surface area contributed by atoms with Gasteiger partial charge in [-0.2, -0.15) is 0 Å². The lowest BCUT2D eigenvalue weighted by Gasteiger charge is -2.27. The van der Waals surface area contributed by atoms with Crippen molar-refractivity contribution in [1.82, 2.24) is 10.2 Å². The van der Waals surface area contributed by atoms with E-state index in [1.54, 1.807) is 0 Å². The Bertz CT molecular complexity index is 430. The van der Waals surface area contributed by atoms with Crippen LogP contribution in [0.1, 0.15) is 5.56 Å². The fraction of sp³-hybridized carbons (Fsp3) is 0.538. The minimum Gasteiger partial charge on any atom is -0.504 e. The minimum atomic E-state index is 0.199. The van der Waals surface area contributed by atoms with Crippen molar-refractivity contribution < 1.29 is 14.6 Å². The van der Waals surface area contributed by atoms with Crippen LogP contribution in [0.5, 0.6) is 17.2 Å². The lowest BCUT2D eigenvalue weighted by atomic mass is 10.1. The van der Waals surface area contributed by atoms with Crippen LogP contribution in [0.25, 0.3) is 0 Å². The molecule has 3 rings (SSSR count). The number of phenols is 1. The van der Waals surface area contributed by atoms with Crippen LogP contribution in [0.2, 0.25) is 0 Å². The van der Waals surface area contributed by atoms with Gasteiger partial charge in [-0.1, -0.05) is 6.07 Å². The predicted molar refractivity (Wildman–Crippen MR) is 67.2 cm³/mol. The van der Waals surface area contributed by atoms with Crippen molar-refractivity contribution in [3.05, 3.63) is 17.7 Å². The van der Waals surface area contributed by atoms with Gasteiger partial charge in [-0.15, -0.1) is 0 Å². The Balaban J connectivity index is 1.65. The van der Waals surface area contributed by atoms with Crippen molar-refractivity contribution in [2.24, 2.45) is 0 Å². The van der Waals surface area contributed by atoms with Crippen molar-refractivity contribution in [2.45, 2.75) is 6.42 Å². The van der Waals surface area contributed by atoms with Crippen molar-refractivity contribution in [1.29, 1.82) is 0 Å². The Hall–Kier alpha value is -1.46. The van der Waals surface area contributed by atoms with Crippen LogP contribution in [-0.2, 0) is 6.42 Å². The van der Waals surface area contributed by atoms with E-state index in [-0.39, 0.29) is 12.5 Å². The molecule has 2 N–H and O–H groups in total. The highest BCUT2D eigenvalue weighted by atomic mass is 16.7. The van der Waals surface area contributed by atoms with Gasteiger partial charge in [0, 0.05) is 32.7 Å². The molecule has 2 heterocycles. The molecule has 0 aromatic heterocycles. The highest BCUT2D eigenvalue weighted by molar-refractivity contribution is 5.56. The molecule has 0 radical (unpaired) electrons. The maximum atomic E-state index is 10.1. The summed E-state index contributed by atoms with van der Waals surface area (Å²) >= 11 is 0. The SMILES string of the molecule is Oc1c(CCN2CCNCC2)ccc2c1OCO2. The van der Waals surface area contributed by atoms with E-state index in [0.717, 1.165) is 44.7 Å². The second-order valence-electron chi connectivity index (χ2n) is 4.65. The Morgan fingerprint density at radius 3 is 2.89 bits per heavy atom. The van der Waals surface area contributed by atoms with Gasteiger partial charge in [-0.25, -0.2) is 0 Å². The summed E-state index contributed by atoms with van der Waals surface area (Å²) < 4.78 is 10.5. The van der Waals surface area contributed by atoms with Crippen LogP contribution < -0.4 is 14.8 Å². The molecule has 5 nitrogen and oxygen atoms in total. The average molecular weight is 250 g/mol. The smallest absolute Gasteiger partial charge is 0.231 e. The van der Waals surface area contributed by atoms with Gasteiger partial charge in [0.2, 0.25) is 12.5 Å². The maximum Gasteiger partial charge on any atom is 0.231 e. The van der Waals surface area contributed by atoms with Gasteiger partial charge in [0.25, 0.3) is 0 Å². The quantitative estimate of drug-likeness (QED) is 0.821. The second-order valence-corrected chi connectivity index (χ2v) is 4.65. The number of aromatic hydroxyl groups is 1. The van der Waals surface area contributed by atoms with Gasteiger partial charge in [0.15, 0.2) is 11.5 Å². The number of phenolic OH excluding ortho intramolecular Hbond substituents is 1. The number of benzene rings is 1. The summed E-state index contributed by atoms with van der Waals surface area (Å²) in [4.78, 5) is 2.40. The molecule has 2 aliphatic heterocycles. The van der Waals surface area contributed by atoms with Crippen molar-refractivity contribution in [2.75, 3.05) is 39.5 Å². The van der Waals surface area contributed by atoms with Gasteiger partial charge < -0.3 is 24.8 Å². The Kier molecular flexibility index (Phi) is 3.25. The molecule has 1 fully saturated rings. The van der Waals surface area contributed by atoms with Gasteiger partial charge in [0.05, 0.1) is 0 Å². The van der Waals surface area contributed by atoms with E-state index in [2.05, 4.69) is 10.2 Å².